The average Bonchev–Trinajstić information content (AvgIpc) is 2.64. The van der Waals surface area contributed by atoms with Gasteiger partial charge in [0.05, 0.1) is 20.3 Å². The van der Waals surface area contributed by atoms with Crippen molar-refractivity contribution in [2.24, 2.45) is 0 Å². The molecule has 24 heavy (non-hydrogen) atoms. The number of rotatable bonds is 5. The highest BCUT2D eigenvalue weighted by Crippen LogP contribution is 2.37. The van der Waals surface area contributed by atoms with Crippen molar-refractivity contribution in [2.45, 2.75) is 6.04 Å². The first-order valence-corrected chi connectivity index (χ1v) is 8.15. The molecule has 1 saturated heterocycles. The molecule has 2 aromatic rings. The van der Waals surface area contributed by atoms with Crippen LogP contribution < -0.4 is 14.8 Å². The molecule has 0 saturated carbocycles. The van der Waals surface area contributed by atoms with Gasteiger partial charge in [-0.1, -0.05) is 12.1 Å². The van der Waals surface area contributed by atoms with Gasteiger partial charge in [-0.25, -0.2) is 4.39 Å². The van der Waals surface area contributed by atoms with E-state index in [1.54, 1.807) is 14.2 Å². The summed E-state index contributed by atoms with van der Waals surface area (Å²) in [6.45, 7) is 3.74. The molecule has 1 atom stereocenters. The molecule has 1 aliphatic heterocycles. The second-order valence-corrected chi connectivity index (χ2v) is 5.85. The van der Waals surface area contributed by atoms with Gasteiger partial charge in [0.25, 0.3) is 0 Å². The molecule has 3 rings (SSSR count). The Morgan fingerprint density at radius 2 is 1.71 bits per heavy atom. The van der Waals surface area contributed by atoms with E-state index in [9.17, 15) is 4.39 Å². The van der Waals surface area contributed by atoms with Crippen molar-refractivity contribution in [3.63, 3.8) is 0 Å². The number of nitrogens with one attached hydrogen (secondary N) is 1. The van der Waals surface area contributed by atoms with Crippen LogP contribution in [0.3, 0.4) is 0 Å². The van der Waals surface area contributed by atoms with Crippen molar-refractivity contribution < 1.29 is 13.9 Å². The van der Waals surface area contributed by atoms with Gasteiger partial charge in [0, 0.05) is 37.8 Å². The minimum Gasteiger partial charge on any atom is -0.497 e. The fraction of sp³-hybridized carbons (Fsp3) is 0.368. The normalized spacial score (nSPS) is 16.6. The predicted molar refractivity (Wildman–Crippen MR) is 92.2 cm³/mol. The van der Waals surface area contributed by atoms with E-state index in [1.807, 2.05) is 30.3 Å². The zero-order valence-corrected chi connectivity index (χ0v) is 14.1. The van der Waals surface area contributed by atoms with Crippen LogP contribution >= 0.6 is 0 Å². The average molecular weight is 330 g/mol. The molecule has 0 aliphatic carbocycles. The number of piperazine rings is 1. The highest BCUT2D eigenvalue weighted by atomic mass is 19.1. The maximum Gasteiger partial charge on any atom is 0.127 e. The van der Waals surface area contributed by atoms with E-state index in [-0.39, 0.29) is 11.9 Å². The number of nitrogens with zero attached hydrogens (tertiary/aromatic N) is 1. The van der Waals surface area contributed by atoms with E-state index in [0.717, 1.165) is 48.8 Å². The second-order valence-electron chi connectivity index (χ2n) is 5.85. The van der Waals surface area contributed by atoms with Crippen LogP contribution in [0.2, 0.25) is 0 Å². The van der Waals surface area contributed by atoms with Gasteiger partial charge in [-0.3, -0.25) is 4.90 Å². The Labute approximate surface area is 142 Å². The van der Waals surface area contributed by atoms with Crippen molar-refractivity contribution in [3.05, 3.63) is 59.4 Å². The summed E-state index contributed by atoms with van der Waals surface area (Å²) in [5.74, 6) is 1.32. The van der Waals surface area contributed by atoms with Crippen LogP contribution in [0.5, 0.6) is 11.5 Å². The lowest BCUT2D eigenvalue weighted by molar-refractivity contribution is 0.195. The van der Waals surface area contributed by atoms with Gasteiger partial charge in [0.2, 0.25) is 0 Å². The number of ether oxygens (including phenoxy) is 2. The zero-order chi connectivity index (χ0) is 16.9. The lowest BCUT2D eigenvalue weighted by Gasteiger charge is -2.36. The molecule has 2 aromatic carbocycles. The minimum absolute atomic E-state index is 0.0218. The molecular formula is C19H23FN2O2. The van der Waals surface area contributed by atoms with Gasteiger partial charge in [0.1, 0.15) is 17.3 Å². The minimum atomic E-state index is -0.223. The summed E-state index contributed by atoms with van der Waals surface area (Å²) in [7, 11) is 3.31. The number of hydrogen-bond acceptors (Lipinski definition) is 4. The number of halogens is 1. The van der Waals surface area contributed by atoms with Crippen molar-refractivity contribution in [1.29, 1.82) is 0 Å². The monoisotopic (exact) mass is 330 g/mol. The first-order chi connectivity index (χ1) is 11.7. The molecule has 1 unspecified atom stereocenters. The van der Waals surface area contributed by atoms with Crippen molar-refractivity contribution in [3.8, 4) is 11.5 Å². The smallest absolute Gasteiger partial charge is 0.127 e. The Bertz CT molecular complexity index is 670. The fourth-order valence-electron chi connectivity index (χ4n) is 3.22. The lowest BCUT2D eigenvalue weighted by atomic mass is 9.95. The van der Waals surface area contributed by atoms with E-state index < -0.39 is 0 Å². The van der Waals surface area contributed by atoms with Crippen LogP contribution in [0.1, 0.15) is 17.2 Å². The van der Waals surface area contributed by atoms with Crippen molar-refractivity contribution in [2.75, 3.05) is 40.4 Å². The molecule has 1 N–H and O–H groups in total. The van der Waals surface area contributed by atoms with E-state index >= 15 is 0 Å². The summed E-state index contributed by atoms with van der Waals surface area (Å²) in [5.41, 5.74) is 2.12. The molecule has 1 fully saturated rings. The third-order valence-corrected chi connectivity index (χ3v) is 4.44. The first-order valence-electron chi connectivity index (χ1n) is 8.15. The predicted octanol–water partition coefficient (Wildman–Crippen LogP) is 2.84. The van der Waals surface area contributed by atoms with Crippen LogP contribution in [-0.2, 0) is 0 Å². The SMILES string of the molecule is COc1ccc(C(c2ccc(F)cc2)N2CCNCC2)c(OC)c1. The highest BCUT2D eigenvalue weighted by Gasteiger charge is 2.26. The Hall–Kier alpha value is -2.11. The quantitative estimate of drug-likeness (QED) is 0.914. The molecular weight excluding hydrogens is 307 g/mol. The molecule has 0 amide bonds. The molecule has 0 bridgehead atoms. The summed E-state index contributed by atoms with van der Waals surface area (Å²) < 4.78 is 24.3. The number of benzene rings is 2. The number of hydrogen-bond donors (Lipinski definition) is 1. The Morgan fingerprint density at radius 1 is 1.00 bits per heavy atom. The third-order valence-electron chi connectivity index (χ3n) is 4.44. The Morgan fingerprint density at radius 3 is 2.33 bits per heavy atom. The van der Waals surface area contributed by atoms with Gasteiger partial charge in [-0.05, 0) is 29.8 Å². The van der Waals surface area contributed by atoms with E-state index in [2.05, 4.69) is 10.2 Å². The molecule has 0 spiro atoms. The topological polar surface area (TPSA) is 33.7 Å². The van der Waals surface area contributed by atoms with Crippen LogP contribution in [0.15, 0.2) is 42.5 Å². The van der Waals surface area contributed by atoms with Crippen LogP contribution in [0.25, 0.3) is 0 Å². The lowest BCUT2D eigenvalue weighted by Crippen LogP contribution is -2.45. The number of methoxy groups -OCH3 is 2. The van der Waals surface area contributed by atoms with Crippen molar-refractivity contribution in [1.82, 2.24) is 10.2 Å². The molecule has 0 radical (unpaired) electrons. The summed E-state index contributed by atoms with van der Waals surface area (Å²) in [4.78, 5) is 2.40. The Kier molecular flexibility index (Phi) is 5.33. The maximum atomic E-state index is 13.4. The molecule has 5 heteroatoms. The van der Waals surface area contributed by atoms with Crippen molar-refractivity contribution >= 4 is 0 Å². The van der Waals surface area contributed by atoms with Gasteiger partial charge in [0.15, 0.2) is 0 Å². The third kappa shape index (κ3) is 3.52. The molecule has 1 aliphatic rings. The highest BCUT2D eigenvalue weighted by molar-refractivity contribution is 5.46. The van der Waals surface area contributed by atoms with E-state index in [1.165, 1.54) is 12.1 Å². The van der Waals surface area contributed by atoms with E-state index in [4.69, 9.17) is 9.47 Å². The van der Waals surface area contributed by atoms with E-state index in [0.29, 0.717) is 0 Å². The standard InChI is InChI=1S/C19H23FN2O2/c1-23-16-7-8-17(18(13-16)24-2)19(22-11-9-21-10-12-22)14-3-5-15(20)6-4-14/h3-8,13,19,21H,9-12H2,1-2H3. The molecule has 1 heterocycles. The van der Waals surface area contributed by atoms with Gasteiger partial charge in [-0.15, -0.1) is 0 Å². The zero-order valence-electron chi connectivity index (χ0n) is 14.1. The second kappa shape index (κ2) is 7.64. The van der Waals surface area contributed by atoms with Gasteiger partial charge < -0.3 is 14.8 Å². The van der Waals surface area contributed by atoms with Gasteiger partial charge in [-0.2, -0.15) is 0 Å². The largest absolute Gasteiger partial charge is 0.497 e. The van der Waals surface area contributed by atoms with Crippen LogP contribution in [0.4, 0.5) is 4.39 Å². The first kappa shape index (κ1) is 16.7. The molecule has 128 valence electrons. The maximum absolute atomic E-state index is 13.4. The van der Waals surface area contributed by atoms with Gasteiger partial charge >= 0.3 is 0 Å². The summed E-state index contributed by atoms with van der Waals surface area (Å²) in [6, 6.07) is 12.6. The Balaban J connectivity index is 2.05. The fourth-order valence-corrected chi connectivity index (χ4v) is 3.22. The van der Waals surface area contributed by atoms with Crippen LogP contribution in [-0.4, -0.2) is 45.3 Å². The summed E-state index contributed by atoms with van der Waals surface area (Å²) in [6.07, 6.45) is 0. The van der Waals surface area contributed by atoms with Crippen LogP contribution in [0, 0.1) is 5.82 Å². The molecule has 4 nitrogen and oxygen atoms in total. The summed E-state index contributed by atoms with van der Waals surface area (Å²) >= 11 is 0. The summed E-state index contributed by atoms with van der Waals surface area (Å²) in [5, 5.41) is 3.38. The molecule has 0 aromatic heterocycles.